The van der Waals surface area contributed by atoms with Gasteiger partial charge in [0, 0.05) is 42.3 Å². The first-order valence-corrected chi connectivity index (χ1v) is 11.0. The van der Waals surface area contributed by atoms with Crippen LogP contribution in [0.25, 0.3) is 0 Å². The second-order valence-electron chi connectivity index (χ2n) is 6.87. The van der Waals surface area contributed by atoms with Crippen LogP contribution in [0.3, 0.4) is 0 Å². The fourth-order valence-corrected chi connectivity index (χ4v) is 4.80. The second-order valence-corrected chi connectivity index (χ2v) is 9.24. The SMILES string of the molecule is CC(=O)Nc1cccc(C(=O)NC2CCN(S(=O)(=O)c3ccc(Cl)cc3)CC2)c1. The third kappa shape index (κ3) is 5.35. The third-order valence-corrected chi connectivity index (χ3v) is 6.85. The van der Waals surface area contributed by atoms with Gasteiger partial charge in [0.25, 0.3) is 5.91 Å². The summed E-state index contributed by atoms with van der Waals surface area (Å²) in [5.74, 6) is -0.465. The van der Waals surface area contributed by atoms with Gasteiger partial charge in [-0.3, -0.25) is 9.59 Å². The third-order valence-electron chi connectivity index (χ3n) is 4.69. The van der Waals surface area contributed by atoms with Crippen molar-refractivity contribution < 1.29 is 18.0 Å². The number of hydrogen-bond acceptors (Lipinski definition) is 4. The van der Waals surface area contributed by atoms with E-state index in [0.29, 0.717) is 42.2 Å². The standard InChI is InChI=1S/C20H22ClN3O4S/c1-14(25)22-18-4-2-3-15(13-18)20(26)23-17-9-11-24(12-10-17)29(27,28)19-7-5-16(21)6-8-19/h2-8,13,17H,9-12H2,1H3,(H,22,25)(H,23,26). The van der Waals surface area contributed by atoms with E-state index in [-0.39, 0.29) is 22.8 Å². The first-order valence-electron chi connectivity index (χ1n) is 9.20. The molecule has 0 aromatic heterocycles. The van der Waals surface area contributed by atoms with Crippen molar-refractivity contribution >= 4 is 39.1 Å². The Morgan fingerprint density at radius 3 is 2.34 bits per heavy atom. The zero-order valence-electron chi connectivity index (χ0n) is 15.9. The number of nitrogens with one attached hydrogen (secondary N) is 2. The van der Waals surface area contributed by atoms with Crippen molar-refractivity contribution in [3.63, 3.8) is 0 Å². The number of hydrogen-bond donors (Lipinski definition) is 2. The number of nitrogens with zero attached hydrogens (tertiary/aromatic N) is 1. The van der Waals surface area contributed by atoms with E-state index in [1.807, 2.05) is 0 Å². The largest absolute Gasteiger partial charge is 0.349 e. The number of carbonyl (C=O) groups is 2. The number of amides is 2. The van der Waals surface area contributed by atoms with Crippen molar-refractivity contribution in [2.24, 2.45) is 0 Å². The van der Waals surface area contributed by atoms with Gasteiger partial charge in [0.15, 0.2) is 0 Å². The summed E-state index contributed by atoms with van der Waals surface area (Å²) in [5, 5.41) is 6.07. The van der Waals surface area contributed by atoms with E-state index in [4.69, 9.17) is 11.6 Å². The van der Waals surface area contributed by atoms with Crippen molar-refractivity contribution in [1.82, 2.24) is 9.62 Å². The molecule has 1 saturated heterocycles. The molecule has 1 heterocycles. The van der Waals surface area contributed by atoms with Crippen LogP contribution in [0.4, 0.5) is 5.69 Å². The minimum atomic E-state index is -3.58. The summed E-state index contributed by atoms with van der Waals surface area (Å²) in [7, 11) is -3.58. The summed E-state index contributed by atoms with van der Waals surface area (Å²) in [6.07, 6.45) is 1.04. The molecule has 154 valence electrons. The average molecular weight is 436 g/mol. The highest BCUT2D eigenvalue weighted by Gasteiger charge is 2.30. The summed E-state index contributed by atoms with van der Waals surface area (Å²) < 4.78 is 26.9. The topological polar surface area (TPSA) is 95.6 Å². The predicted octanol–water partition coefficient (Wildman–Crippen LogP) is 2.88. The van der Waals surface area contributed by atoms with Gasteiger partial charge in [-0.25, -0.2) is 8.42 Å². The molecule has 1 fully saturated rings. The quantitative estimate of drug-likeness (QED) is 0.754. The summed E-state index contributed by atoms with van der Waals surface area (Å²) >= 11 is 5.83. The normalized spacial score (nSPS) is 15.7. The summed E-state index contributed by atoms with van der Waals surface area (Å²) in [6.45, 7) is 2.04. The molecular weight excluding hydrogens is 414 g/mol. The number of benzene rings is 2. The minimum absolute atomic E-state index is 0.122. The highest BCUT2D eigenvalue weighted by Crippen LogP contribution is 2.22. The Balaban J connectivity index is 1.59. The van der Waals surface area contributed by atoms with Crippen LogP contribution in [0.5, 0.6) is 0 Å². The van der Waals surface area contributed by atoms with Crippen molar-refractivity contribution in [1.29, 1.82) is 0 Å². The van der Waals surface area contributed by atoms with Crippen LogP contribution in [0.2, 0.25) is 5.02 Å². The Bertz CT molecular complexity index is 1000. The maximum absolute atomic E-state index is 12.7. The van der Waals surface area contributed by atoms with E-state index in [0.717, 1.165) is 0 Å². The van der Waals surface area contributed by atoms with E-state index >= 15 is 0 Å². The van der Waals surface area contributed by atoms with E-state index in [2.05, 4.69) is 10.6 Å². The maximum Gasteiger partial charge on any atom is 0.251 e. The molecule has 0 aliphatic carbocycles. The van der Waals surface area contributed by atoms with Crippen molar-refractivity contribution in [2.45, 2.75) is 30.7 Å². The van der Waals surface area contributed by atoms with E-state index in [1.165, 1.54) is 23.4 Å². The van der Waals surface area contributed by atoms with Gasteiger partial charge in [-0.05, 0) is 55.3 Å². The molecule has 2 amide bonds. The molecule has 1 aliphatic heterocycles. The fourth-order valence-electron chi connectivity index (χ4n) is 3.21. The number of anilines is 1. The van der Waals surface area contributed by atoms with Gasteiger partial charge in [-0.15, -0.1) is 0 Å². The van der Waals surface area contributed by atoms with Gasteiger partial charge in [0.2, 0.25) is 15.9 Å². The van der Waals surface area contributed by atoms with Gasteiger partial charge < -0.3 is 10.6 Å². The van der Waals surface area contributed by atoms with Crippen molar-refractivity contribution in [3.05, 3.63) is 59.1 Å². The molecular formula is C20H22ClN3O4S. The first kappa shape index (κ1) is 21.3. The van der Waals surface area contributed by atoms with Crippen molar-refractivity contribution in [3.8, 4) is 0 Å². The zero-order chi connectivity index (χ0) is 21.0. The molecule has 29 heavy (non-hydrogen) atoms. The molecule has 3 rings (SSSR count). The van der Waals surface area contributed by atoms with Crippen LogP contribution in [0, 0.1) is 0 Å². The minimum Gasteiger partial charge on any atom is -0.349 e. The fraction of sp³-hybridized carbons (Fsp3) is 0.300. The Labute approximate surface area is 175 Å². The molecule has 0 atom stereocenters. The molecule has 0 spiro atoms. The van der Waals surface area contributed by atoms with Crippen LogP contribution in [-0.4, -0.2) is 43.7 Å². The van der Waals surface area contributed by atoms with Gasteiger partial charge in [-0.1, -0.05) is 17.7 Å². The second kappa shape index (κ2) is 8.94. The van der Waals surface area contributed by atoms with Gasteiger partial charge >= 0.3 is 0 Å². The monoisotopic (exact) mass is 435 g/mol. The number of rotatable bonds is 5. The highest BCUT2D eigenvalue weighted by molar-refractivity contribution is 7.89. The Kier molecular flexibility index (Phi) is 6.56. The van der Waals surface area contributed by atoms with Crippen LogP contribution < -0.4 is 10.6 Å². The highest BCUT2D eigenvalue weighted by atomic mass is 35.5. The lowest BCUT2D eigenvalue weighted by Crippen LogP contribution is -2.46. The van der Waals surface area contributed by atoms with E-state index in [1.54, 1.807) is 36.4 Å². The predicted molar refractivity (Wildman–Crippen MR) is 111 cm³/mol. The Morgan fingerprint density at radius 2 is 1.72 bits per heavy atom. The molecule has 0 radical (unpaired) electrons. The lowest BCUT2D eigenvalue weighted by atomic mass is 10.1. The number of sulfonamides is 1. The molecule has 0 bridgehead atoms. The smallest absolute Gasteiger partial charge is 0.251 e. The number of piperidine rings is 1. The lowest BCUT2D eigenvalue weighted by Gasteiger charge is -2.31. The lowest BCUT2D eigenvalue weighted by molar-refractivity contribution is -0.114. The van der Waals surface area contributed by atoms with Gasteiger partial charge in [-0.2, -0.15) is 4.31 Å². The molecule has 2 aromatic carbocycles. The summed E-state index contributed by atoms with van der Waals surface area (Å²) in [6, 6.07) is 12.6. The first-order chi connectivity index (χ1) is 13.8. The van der Waals surface area contributed by atoms with Gasteiger partial charge in [0.1, 0.15) is 0 Å². The summed E-state index contributed by atoms with van der Waals surface area (Å²) in [4.78, 5) is 23.9. The molecule has 0 unspecified atom stereocenters. The number of carbonyl (C=O) groups excluding carboxylic acids is 2. The van der Waals surface area contributed by atoms with Crippen molar-refractivity contribution in [2.75, 3.05) is 18.4 Å². The molecule has 2 aromatic rings. The van der Waals surface area contributed by atoms with Crippen LogP contribution >= 0.6 is 11.6 Å². The van der Waals surface area contributed by atoms with Crippen LogP contribution in [0.15, 0.2) is 53.4 Å². The van der Waals surface area contributed by atoms with Crippen LogP contribution in [0.1, 0.15) is 30.1 Å². The molecule has 0 saturated carbocycles. The van der Waals surface area contributed by atoms with Gasteiger partial charge in [0.05, 0.1) is 4.90 Å². The molecule has 9 heteroatoms. The Morgan fingerprint density at radius 1 is 1.07 bits per heavy atom. The van der Waals surface area contributed by atoms with E-state index < -0.39 is 10.0 Å². The zero-order valence-corrected chi connectivity index (χ0v) is 17.5. The van der Waals surface area contributed by atoms with E-state index in [9.17, 15) is 18.0 Å². The molecule has 7 nitrogen and oxygen atoms in total. The molecule has 2 N–H and O–H groups in total. The number of halogens is 1. The Hall–Kier alpha value is -2.42. The summed E-state index contributed by atoms with van der Waals surface area (Å²) in [5.41, 5.74) is 0.987. The maximum atomic E-state index is 12.7. The van der Waals surface area contributed by atoms with Crippen LogP contribution in [-0.2, 0) is 14.8 Å². The molecule has 1 aliphatic rings. The average Bonchev–Trinajstić information content (AvgIpc) is 2.68.